The van der Waals surface area contributed by atoms with E-state index in [-0.39, 0.29) is 22.7 Å². The molecule has 2 atom stereocenters. The lowest BCUT2D eigenvalue weighted by Gasteiger charge is -2.31. The third kappa shape index (κ3) is 5.70. The van der Waals surface area contributed by atoms with Crippen LogP contribution < -0.4 is 21.1 Å². The first-order chi connectivity index (χ1) is 19.4. The molecule has 0 bridgehead atoms. The van der Waals surface area contributed by atoms with Crippen molar-refractivity contribution in [2.24, 2.45) is 11.8 Å². The van der Waals surface area contributed by atoms with Gasteiger partial charge in [-0.15, -0.1) is 0 Å². The molecule has 0 amide bonds. The average Bonchev–Trinajstić information content (AvgIpc) is 2.96. The summed E-state index contributed by atoms with van der Waals surface area (Å²) in [4.78, 5) is 28.9. The summed E-state index contributed by atoms with van der Waals surface area (Å²) in [7, 11) is 0. The molecule has 2 aliphatic rings. The molecule has 0 spiro atoms. The minimum Gasteiger partial charge on any atom is -0.691 e. The van der Waals surface area contributed by atoms with E-state index in [1.54, 1.807) is 60.7 Å². The molecule has 2 N–H and O–H groups in total. The lowest BCUT2D eigenvalue weighted by Crippen LogP contribution is -2.36. The molecular formula is C28H22N2O8S2-2. The van der Waals surface area contributed by atoms with Crippen molar-refractivity contribution in [1.29, 1.82) is 0 Å². The average molecular weight is 579 g/mol. The van der Waals surface area contributed by atoms with Crippen molar-refractivity contribution in [1.82, 2.24) is 0 Å². The van der Waals surface area contributed by atoms with Crippen LogP contribution in [0.1, 0.15) is 31.8 Å². The Morgan fingerprint density at radius 1 is 0.650 bits per heavy atom. The molecule has 2 unspecified atom stereocenters. The number of allylic oxidation sites excluding steroid dienone is 4. The molecular weight excluding hydrogens is 556 g/mol. The fraction of sp³-hybridized carbons (Fsp3) is 0.143. The molecule has 0 heterocycles. The third-order valence-electron chi connectivity index (χ3n) is 6.55. The maximum absolute atomic E-state index is 13.9. The summed E-state index contributed by atoms with van der Waals surface area (Å²) in [5.41, 5.74) is 4.20. The molecule has 0 aromatic heterocycles. The van der Waals surface area contributed by atoms with Gasteiger partial charge in [0.1, 0.15) is 0 Å². The number of aryl methyl sites for hydroxylation is 2. The van der Waals surface area contributed by atoms with E-state index in [1.807, 2.05) is 26.0 Å². The molecule has 5 rings (SSSR count). The summed E-state index contributed by atoms with van der Waals surface area (Å²) in [6.07, 6.45) is 6.99. The summed E-state index contributed by atoms with van der Waals surface area (Å²) in [5, 5.41) is 34.4. The molecule has 10 nitrogen and oxygen atoms in total. The highest BCUT2D eigenvalue weighted by molar-refractivity contribution is 7.95. The minimum absolute atomic E-state index is 0.214. The third-order valence-corrected chi connectivity index (χ3v) is 7.84. The second-order valence-corrected chi connectivity index (χ2v) is 10.6. The topological polar surface area (TPSA) is 141 Å². The maximum atomic E-state index is 13.9. The van der Waals surface area contributed by atoms with Crippen LogP contribution in [0.3, 0.4) is 0 Å². The van der Waals surface area contributed by atoms with Gasteiger partial charge in [-0.3, -0.25) is 19.7 Å². The monoisotopic (exact) mass is 578 g/mol. The predicted octanol–water partition coefficient (Wildman–Crippen LogP) is 4.99. The van der Waals surface area contributed by atoms with Crippen LogP contribution in [0.25, 0.3) is 0 Å². The number of hydrogen-bond acceptors (Lipinski definition) is 12. The molecule has 0 saturated heterocycles. The van der Waals surface area contributed by atoms with Crippen LogP contribution in [-0.4, -0.2) is 11.6 Å². The second kappa shape index (κ2) is 12.4. The maximum Gasteiger partial charge on any atom is 0.173 e. The van der Waals surface area contributed by atoms with E-state index in [9.17, 15) is 20.1 Å². The summed E-state index contributed by atoms with van der Waals surface area (Å²) in [6.45, 7) is 3.76. The lowest BCUT2D eigenvalue weighted by atomic mass is 9.71. The van der Waals surface area contributed by atoms with Crippen LogP contribution >= 0.6 is 24.1 Å². The lowest BCUT2D eigenvalue weighted by molar-refractivity contribution is -0.777. The van der Waals surface area contributed by atoms with Gasteiger partial charge in [-0.05, 0) is 61.4 Å². The normalized spacial score (nSPS) is 17.5. The Labute approximate surface area is 238 Å². The summed E-state index contributed by atoms with van der Waals surface area (Å²) in [5.74, 6) is -1.71. The summed E-state index contributed by atoms with van der Waals surface area (Å²) >= 11 is 1.45. The molecule has 0 radical (unpaired) electrons. The van der Waals surface area contributed by atoms with Gasteiger partial charge in [-0.2, -0.15) is 8.67 Å². The number of ketones is 2. The van der Waals surface area contributed by atoms with E-state index in [0.29, 0.717) is 32.5 Å². The first-order valence-electron chi connectivity index (χ1n) is 12.0. The number of hydrogen-bond donors (Lipinski definition) is 2. The molecule has 0 aliphatic heterocycles. The Morgan fingerprint density at radius 3 is 1.45 bits per heavy atom. The van der Waals surface area contributed by atoms with Gasteiger partial charge >= 0.3 is 0 Å². The summed E-state index contributed by atoms with van der Waals surface area (Å²) in [6, 6.07) is 14.2. The highest BCUT2D eigenvalue weighted by Gasteiger charge is 2.42. The molecule has 2 aliphatic carbocycles. The molecule has 40 heavy (non-hydrogen) atoms. The van der Waals surface area contributed by atoms with Crippen LogP contribution in [0, 0.1) is 25.7 Å². The standard InChI is InChI=1S/C28H24N2O8S2/c1-15-7-9-19(23(13-15)39-37-35-33)29-21-11-12-22(30-20-10-8-16(2)14-24(20)40-38-36-34)26-25(21)27(31)17-5-3-4-6-18(17)28(26)32/h3-14,17-18,29-30,33-34H,1-2H3/p-2. The molecule has 0 saturated carbocycles. The van der Waals surface area contributed by atoms with Gasteiger partial charge in [0.2, 0.25) is 0 Å². The van der Waals surface area contributed by atoms with Crippen molar-refractivity contribution >= 4 is 58.4 Å². The number of carbonyl (C=O) groups is 2. The number of anilines is 4. The molecule has 3 aromatic carbocycles. The van der Waals surface area contributed by atoms with Crippen LogP contribution in [0.2, 0.25) is 0 Å². The summed E-state index contributed by atoms with van der Waals surface area (Å²) < 4.78 is 9.08. The quantitative estimate of drug-likeness (QED) is 0.190. The largest absolute Gasteiger partial charge is 0.691 e. The second-order valence-electron chi connectivity index (χ2n) is 9.15. The zero-order valence-corrected chi connectivity index (χ0v) is 22.8. The highest BCUT2D eigenvalue weighted by Crippen LogP contribution is 2.43. The van der Waals surface area contributed by atoms with E-state index in [2.05, 4.69) is 29.4 Å². The van der Waals surface area contributed by atoms with Gasteiger partial charge in [0.15, 0.2) is 11.6 Å². The van der Waals surface area contributed by atoms with E-state index >= 15 is 0 Å². The molecule has 206 valence electrons. The van der Waals surface area contributed by atoms with Gasteiger partial charge in [0.25, 0.3) is 0 Å². The van der Waals surface area contributed by atoms with E-state index in [1.165, 1.54) is 0 Å². The van der Waals surface area contributed by atoms with Gasteiger partial charge in [-0.1, -0.05) is 36.4 Å². The molecule has 3 aromatic rings. The Morgan fingerprint density at radius 2 is 1.05 bits per heavy atom. The number of Topliss-reactive ketones (excluding diaryl/α,β-unsaturated/α-hetero) is 2. The van der Waals surface area contributed by atoms with Crippen LogP contribution in [0.5, 0.6) is 0 Å². The van der Waals surface area contributed by atoms with Crippen molar-refractivity contribution in [3.63, 3.8) is 0 Å². The zero-order chi connectivity index (χ0) is 28.2. The Kier molecular flexibility index (Phi) is 8.69. The van der Waals surface area contributed by atoms with Gasteiger partial charge < -0.3 is 21.1 Å². The first-order valence-corrected chi connectivity index (χ1v) is 13.5. The van der Waals surface area contributed by atoms with Crippen LogP contribution in [-0.2, 0) is 18.7 Å². The Hall–Kier alpha value is -3.46. The SMILES string of the molecule is Cc1ccc(Nc2ccc(Nc3ccc(C)cc3SOO[O-])c3c2C(=O)C2C=CC=CC2C3=O)c(SOO[O-])c1. The molecule has 12 heteroatoms. The van der Waals surface area contributed by atoms with Crippen LogP contribution in [0.4, 0.5) is 22.7 Å². The number of benzene rings is 3. The zero-order valence-electron chi connectivity index (χ0n) is 21.2. The number of rotatable bonds is 10. The van der Waals surface area contributed by atoms with E-state index < -0.39 is 11.8 Å². The molecule has 0 fully saturated rings. The van der Waals surface area contributed by atoms with Crippen molar-refractivity contribution in [3.05, 3.63) is 95.1 Å². The fourth-order valence-corrected chi connectivity index (χ4v) is 5.85. The number of nitrogens with one attached hydrogen (secondary N) is 2. The van der Waals surface area contributed by atoms with Crippen LogP contribution in [0.15, 0.2) is 82.6 Å². The van der Waals surface area contributed by atoms with Gasteiger partial charge in [0.05, 0.1) is 79.6 Å². The smallest absolute Gasteiger partial charge is 0.173 e. The number of carbonyl (C=O) groups excluding carboxylic acids is 2. The highest BCUT2D eigenvalue weighted by atomic mass is 32.2. The van der Waals surface area contributed by atoms with Crippen molar-refractivity contribution in [2.75, 3.05) is 10.6 Å². The van der Waals surface area contributed by atoms with Crippen molar-refractivity contribution in [3.8, 4) is 0 Å². The van der Waals surface area contributed by atoms with E-state index in [4.69, 9.17) is 0 Å². The van der Waals surface area contributed by atoms with Crippen molar-refractivity contribution in [2.45, 2.75) is 23.6 Å². The number of fused-ring (bicyclic) bond motifs is 2. The predicted molar refractivity (Wildman–Crippen MR) is 145 cm³/mol. The Bertz CT molecular complexity index is 1410. The Balaban J connectivity index is 1.61. The van der Waals surface area contributed by atoms with Gasteiger partial charge in [-0.25, -0.2) is 0 Å². The fourth-order valence-electron chi connectivity index (χ4n) is 4.76. The van der Waals surface area contributed by atoms with E-state index in [0.717, 1.165) is 35.2 Å². The van der Waals surface area contributed by atoms with Gasteiger partial charge in [0, 0.05) is 0 Å². The minimum atomic E-state index is -0.641. The first kappa shape index (κ1) is 28.1. The van der Waals surface area contributed by atoms with Crippen molar-refractivity contribution < 1.29 is 38.8 Å².